The van der Waals surface area contributed by atoms with E-state index >= 15 is 0 Å². The third kappa shape index (κ3) is 33.1. The van der Waals surface area contributed by atoms with E-state index in [9.17, 15) is 4.79 Å². The molecule has 0 N–H and O–H groups in total. The highest BCUT2D eigenvalue weighted by atomic mass is 16.5. The van der Waals surface area contributed by atoms with Gasteiger partial charge in [0, 0.05) is 5.57 Å². The number of esters is 1. The monoisotopic (exact) mass is 647 g/mol. The van der Waals surface area contributed by atoms with Gasteiger partial charge >= 0.3 is 5.97 Å². The van der Waals surface area contributed by atoms with Crippen LogP contribution in [-0.2, 0) is 9.53 Å². The van der Waals surface area contributed by atoms with E-state index in [-0.39, 0.29) is 5.97 Å². The zero-order chi connectivity index (χ0) is 33.9. The molecule has 0 aromatic rings. The first-order chi connectivity index (χ1) is 22.4. The second-order valence-electron chi connectivity index (χ2n) is 15.7. The number of hydrogen-bond acceptors (Lipinski definition) is 2. The normalized spacial score (nSPS) is 13.5. The number of ether oxygens (including phenoxy) is 1. The average Bonchev–Trinajstić information content (AvgIpc) is 3.04. The summed E-state index contributed by atoms with van der Waals surface area (Å²) in [6.07, 6.45) is 44.4. The molecule has 3 atom stereocenters. The second kappa shape index (κ2) is 35.5. The van der Waals surface area contributed by atoms with Gasteiger partial charge in [0.1, 0.15) is 0 Å². The van der Waals surface area contributed by atoms with E-state index in [1.54, 1.807) is 6.92 Å². The molecule has 0 spiro atoms. The number of carbonyl (C=O) groups is 1. The summed E-state index contributed by atoms with van der Waals surface area (Å²) in [6, 6.07) is 0. The van der Waals surface area contributed by atoms with Crippen molar-refractivity contribution in [2.24, 2.45) is 17.8 Å². The van der Waals surface area contributed by atoms with Crippen LogP contribution in [0.5, 0.6) is 0 Å². The van der Waals surface area contributed by atoms with E-state index in [0.29, 0.717) is 18.1 Å². The molecule has 274 valence electrons. The van der Waals surface area contributed by atoms with Crippen molar-refractivity contribution in [3.63, 3.8) is 0 Å². The topological polar surface area (TPSA) is 26.3 Å². The van der Waals surface area contributed by atoms with E-state index < -0.39 is 0 Å². The first kappa shape index (κ1) is 45.2. The molecular weight excluding hydrogens is 560 g/mol. The standard InChI is InChI=1S/C44H86O2/c1-7-9-11-13-21-27-33-41(5)35-29-23-17-15-16-18-25-31-37-43(39-46-44(45)40(3)4)38-32-26-20-19-24-30-36-42(6)34-28-22-14-12-10-8-2/h41-43H,3,7-39H2,1-2,4-6H3. The lowest BCUT2D eigenvalue weighted by Gasteiger charge is -2.17. The molecule has 0 saturated carbocycles. The summed E-state index contributed by atoms with van der Waals surface area (Å²) in [6.45, 7) is 15.6. The van der Waals surface area contributed by atoms with Crippen LogP contribution in [0.3, 0.4) is 0 Å². The van der Waals surface area contributed by atoms with Crippen molar-refractivity contribution < 1.29 is 9.53 Å². The minimum Gasteiger partial charge on any atom is -0.462 e. The maximum Gasteiger partial charge on any atom is 0.333 e. The molecule has 0 aliphatic rings. The average molecular weight is 647 g/mol. The Hall–Kier alpha value is -0.790. The van der Waals surface area contributed by atoms with Gasteiger partial charge in [0.05, 0.1) is 6.61 Å². The van der Waals surface area contributed by atoms with Crippen LogP contribution in [0.4, 0.5) is 0 Å². The lowest BCUT2D eigenvalue weighted by atomic mass is 9.94. The van der Waals surface area contributed by atoms with Crippen molar-refractivity contribution in [3.8, 4) is 0 Å². The summed E-state index contributed by atoms with van der Waals surface area (Å²) in [7, 11) is 0. The SMILES string of the molecule is C=C(C)C(=O)OCC(CCCCCCCCCCC(C)CCCCCCCC)CCCCCCCCC(C)CCCCCCCC. The highest BCUT2D eigenvalue weighted by Gasteiger charge is 2.13. The molecule has 2 heteroatoms. The minimum atomic E-state index is -0.215. The Bertz CT molecular complexity index is 640. The Morgan fingerprint density at radius 2 is 0.717 bits per heavy atom. The fourth-order valence-electron chi connectivity index (χ4n) is 7.08. The van der Waals surface area contributed by atoms with Gasteiger partial charge in [0.25, 0.3) is 0 Å². The molecule has 0 amide bonds. The predicted octanol–water partition coefficient (Wildman–Crippen LogP) is 15.5. The van der Waals surface area contributed by atoms with Crippen molar-refractivity contribution in [1.82, 2.24) is 0 Å². The van der Waals surface area contributed by atoms with Gasteiger partial charge in [-0.3, -0.25) is 0 Å². The van der Waals surface area contributed by atoms with Crippen molar-refractivity contribution >= 4 is 5.97 Å². The third-order valence-corrected chi connectivity index (χ3v) is 10.5. The van der Waals surface area contributed by atoms with E-state index in [0.717, 1.165) is 11.8 Å². The van der Waals surface area contributed by atoms with Crippen LogP contribution in [0.1, 0.15) is 240 Å². The Kier molecular flexibility index (Phi) is 34.9. The quantitative estimate of drug-likeness (QED) is 0.0381. The van der Waals surface area contributed by atoms with Crippen LogP contribution in [0.15, 0.2) is 12.2 Å². The third-order valence-electron chi connectivity index (χ3n) is 10.5. The molecule has 0 saturated heterocycles. The molecule has 0 bridgehead atoms. The van der Waals surface area contributed by atoms with E-state index in [2.05, 4.69) is 34.3 Å². The van der Waals surface area contributed by atoms with Crippen molar-refractivity contribution in [1.29, 1.82) is 0 Å². The smallest absolute Gasteiger partial charge is 0.333 e. The van der Waals surface area contributed by atoms with E-state index in [4.69, 9.17) is 4.74 Å². The second-order valence-corrected chi connectivity index (χ2v) is 15.7. The van der Waals surface area contributed by atoms with Gasteiger partial charge in [0.2, 0.25) is 0 Å². The molecule has 0 aliphatic carbocycles. The van der Waals surface area contributed by atoms with Crippen LogP contribution in [-0.4, -0.2) is 12.6 Å². The first-order valence-electron chi connectivity index (χ1n) is 21.2. The highest BCUT2D eigenvalue weighted by molar-refractivity contribution is 5.86. The van der Waals surface area contributed by atoms with Gasteiger partial charge in [0.15, 0.2) is 0 Å². The van der Waals surface area contributed by atoms with Gasteiger partial charge in [-0.1, -0.05) is 227 Å². The van der Waals surface area contributed by atoms with Crippen molar-refractivity contribution in [2.45, 2.75) is 240 Å². The molecule has 2 nitrogen and oxygen atoms in total. The summed E-state index contributed by atoms with van der Waals surface area (Å²) >= 11 is 0. The Balaban J connectivity index is 3.86. The molecule has 0 heterocycles. The van der Waals surface area contributed by atoms with Gasteiger partial charge in [-0.2, -0.15) is 0 Å². The molecule has 0 aliphatic heterocycles. The first-order valence-corrected chi connectivity index (χ1v) is 21.2. The summed E-state index contributed by atoms with van der Waals surface area (Å²) in [5.41, 5.74) is 0.521. The molecular formula is C44H86O2. The number of unbranched alkanes of at least 4 members (excludes halogenated alkanes) is 22. The van der Waals surface area contributed by atoms with Crippen LogP contribution < -0.4 is 0 Å². The number of carbonyl (C=O) groups excluding carboxylic acids is 1. The molecule has 0 rings (SSSR count). The van der Waals surface area contributed by atoms with Gasteiger partial charge in [-0.15, -0.1) is 0 Å². The lowest BCUT2D eigenvalue weighted by Crippen LogP contribution is -2.15. The molecule has 3 unspecified atom stereocenters. The van der Waals surface area contributed by atoms with Crippen molar-refractivity contribution in [3.05, 3.63) is 12.2 Å². The van der Waals surface area contributed by atoms with E-state index in [1.807, 2.05) is 0 Å². The van der Waals surface area contributed by atoms with Gasteiger partial charge in [-0.25, -0.2) is 4.79 Å². The summed E-state index contributed by atoms with van der Waals surface area (Å²) < 4.78 is 5.60. The zero-order valence-electron chi connectivity index (χ0n) is 32.6. The van der Waals surface area contributed by atoms with E-state index in [1.165, 1.54) is 205 Å². The van der Waals surface area contributed by atoms with Crippen LogP contribution in [0, 0.1) is 17.8 Å². The summed E-state index contributed by atoms with van der Waals surface area (Å²) in [5, 5.41) is 0. The number of rotatable bonds is 37. The summed E-state index contributed by atoms with van der Waals surface area (Å²) in [4.78, 5) is 12.0. The maximum absolute atomic E-state index is 12.0. The van der Waals surface area contributed by atoms with Crippen LogP contribution in [0.25, 0.3) is 0 Å². The Morgan fingerprint density at radius 1 is 0.457 bits per heavy atom. The Labute approximate surface area is 291 Å². The molecule has 0 fully saturated rings. The molecule has 46 heavy (non-hydrogen) atoms. The number of hydrogen-bond donors (Lipinski definition) is 0. The fraction of sp³-hybridized carbons (Fsp3) is 0.932. The van der Waals surface area contributed by atoms with Crippen molar-refractivity contribution in [2.75, 3.05) is 6.61 Å². The fourth-order valence-corrected chi connectivity index (χ4v) is 7.08. The zero-order valence-corrected chi connectivity index (χ0v) is 32.6. The lowest BCUT2D eigenvalue weighted by molar-refractivity contribution is -0.140. The minimum absolute atomic E-state index is 0.215. The van der Waals surface area contributed by atoms with Gasteiger partial charge in [-0.05, 0) is 37.5 Å². The predicted molar refractivity (Wildman–Crippen MR) is 207 cm³/mol. The highest BCUT2D eigenvalue weighted by Crippen LogP contribution is 2.23. The van der Waals surface area contributed by atoms with Crippen LogP contribution in [0.2, 0.25) is 0 Å². The summed E-state index contributed by atoms with van der Waals surface area (Å²) in [5.74, 6) is 2.14. The molecule has 0 radical (unpaired) electrons. The van der Waals surface area contributed by atoms with Gasteiger partial charge < -0.3 is 4.74 Å². The Morgan fingerprint density at radius 3 is 1.00 bits per heavy atom. The molecule has 0 aromatic heterocycles. The molecule has 0 aromatic carbocycles. The largest absolute Gasteiger partial charge is 0.462 e. The maximum atomic E-state index is 12.0. The van der Waals surface area contributed by atoms with Crippen LogP contribution >= 0.6 is 0 Å².